The molecular weight excluding hydrogens is 408 g/mol. The average molecular weight is 439 g/mol. The lowest BCUT2D eigenvalue weighted by Crippen LogP contribution is -2.36. The smallest absolute Gasteiger partial charge is 0.116 e. The molecule has 0 bridgehead atoms. The van der Waals surface area contributed by atoms with Crippen LogP contribution in [-0.4, -0.2) is 42.5 Å². The molecule has 0 spiro atoms. The number of aryl methyl sites for hydroxylation is 1. The van der Waals surface area contributed by atoms with Gasteiger partial charge in [0.05, 0.1) is 24.4 Å². The van der Waals surface area contributed by atoms with Gasteiger partial charge in [0.1, 0.15) is 6.33 Å². The van der Waals surface area contributed by atoms with Crippen molar-refractivity contribution in [1.82, 2.24) is 9.97 Å². The molecule has 33 heavy (non-hydrogen) atoms. The van der Waals surface area contributed by atoms with Gasteiger partial charge in [-0.1, -0.05) is 17.7 Å². The van der Waals surface area contributed by atoms with Crippen molar-refractivity contribution in [2.45, 2.75) is 33.6 Å². The summed E-state index contributed by atoms with van der Waals surface area (Å²) in [7, 11) is 0. The van der Waals surface area contributed by atoms with Crippen LogP contribution in [0.2, 0.25) is 0 Å². The zero-order valence-electron chi connectivity index (χ0n) is 19.6. The molecule has 5 nitrogen and oxygen atoms in total. The van der Waals surface area contributed by atoms with Crippen molar-refractivity contribution in [3.05, 3.63) is 76.8 Å². The highest BCUT2D eigenvalue weighted by Gasteiger charge is 2.15. The zero-order chi connectivity index (χ0) is 22.8. The van der Waals surface area contributed by atoms with Crippen molar-refractivity contribution in [2.24, 2.45) is 4.99 Å². The van der Waals surface area contributed by atoms with E-state index in [0.717, 1.165) is 67.0 Å². The predicted molar refractivity (Wildman–Crippen MR) is 136 cm³/mol. The molecule has 0 aliphatic carbocycles. The van der Waals surface area contributed by atoms with Gasteiger partial charge in [0.2, 0.25) is 0 Å². The number of aliphatic imine (C=N–C) groups is 1. The fraction of sp³-hybridized carbons (Fsp3) is 0.321. The van der Waals surface area contributed by atoms with E-state index in [1.165, 1.54) is 28.0 Å². The Morgan fingerprint density at radius 2 is 1.82 bits per heavy atom. The molecule has 3 heterocycles. The lowest BCUT2D eigenvalue weighted by Gasteiger charge is -2.29. The number of nitrogens with zero attached hydrogens (tertiary/aromatic N) is 4. The predicted octanol–water partition coefficient (Wildman–Crippen LogP) is 5.68. The Labute approximate surface area is 195 Å². The number of hydrogen-bond acceptors (Lipinski definition) is 5. The van der Waals surface area contributed by atoms with Gasteiger partial charge in [-0.05, 0) is 74.2 Å². The molecule has 168 valence electrons. The van der Waals surface area contributed by atoms with Crippen LogP contribution in [0.5, 0.6) is 0 Å². The topological polar surface area (TPSA) is 50.6 Å². The molecule has 0 radical (unpaired) electrons. The van der Waals surface area contributed by atoms with E-state index in [-0.39, 0.29) is 0 Å². The van der Waals surface area contributed by atoms with Crippen molar-refractivity contribution < 1.29 is 4.74 Å². The van der Waals surface area contributed by atoms with Crippen LogP contribution in [0.25, 0.3) is 22.2 Å². The van der Waals surface area contributed by atoms with Gasteiger partial charge in [0, 0.05) is 48.1 Å². The van der Waals surface area contributed by atoms with Gasteiger partial charge in [-0.2, -0.15) is 0 Å². The Morgan fingerprint density at radius 3 is 2.67 bits per heavy atom. The number of morpholine rings is 1. The molecule has 5 rings (SSSR count). The molecule has 1 saturated heterocycles. The van der Waals surface area contributed by atoms with Gasteiger partial charge < -0.3 is 9.64 Å². The van der Waals surface area contributed by atoms with Crippen molar-refractivity contribution in [1.29, 1.82) is 0 Å². The van der Waals surface area contributed by atoms with Gasteiger partial charge in [-0.15, -0.1) is 0 Å². The number of ether oxygens (including phenoxy) is 1. The van der Waals surface area contributed by atoms with Gasteiger partial charge in [-0.25, -0.2) is 9.97 Å². The molecule has 5 heteroatoms. The Balaban J connectivity index is 1.49. The number of aromatic nitrogens is 2. The summed E-state index contributed by atoms with van der Waals surface area (Å²) in [5.41, 5.74) is 10.7. The largest absolute Gasteiger partial charge is 0.378 e. The SMILES string of the molecule is CC1=CC=NC(Cc2cc(-c3ncnc4cc(N5CCOCC5)ccc34)ccc2C)=C(C)C1. The molecule has 1 fully saturated rings. The van der Waals surface area contributed by atoms with Crippen LogP contribution in [0, 0.1) is 6.92 Å². The third-order valence-electron chi connectivity index (χ3n) is 6.60. The number of benzene rings is 2. The highest BCUT2D eigenvalue weighted by molar-refractivity contribution is 5.94. The van der Waals surface area contributed by atoms with E-state index >= 15 is 0 Å². The lowest BCUT2D eigenvalue weighted by atomic mass is 9.96. The zero-order valence-corrected chi connectivity index (χ0v) is 19.6. The average Bonchev–Trinajstić information content (AvgIpc) is 3.00. The normalized spacial score (nSPS) is 16.8. The van der Waals surface area contributed by atoms with Crippen LogP contribution < -0.4 is 4.90 Å². The Hall–Kier alpha value is -3.31. The van der Waals surface area contributed by atoms with Crippen LogP contribution in [0.15, 0.2) is 70.6 Å². The Bertz CT molecular complexity index is 1280. The van der Waals surface area contributed by atoms with Crippen LogP contribution in [-0.2, 0) is 11.2 Å². The first-order valence-electron chi connectivity index (χ1n) is 11.6. The first kappa shape index (κ1) is 21.5. The van der Waals surface area contributed by atoms with Crippen LogP contribution >= 0.6 is 0 Å². The lowest BCUT2D eigenvalue weighted by molar-refractivity contribution is 0.122. The van der Waals surface area contributed by atoms with Crippen LogP contribution in [0.1, 0.15) is 31.4 Å². The number of rotatable bonds is 4. The Morgan fingerprint density at radius 1 is 0.970 bits per heavy atom. The summed E-state index contributed by atoms with van der Waals surface area (Å²) in [6, 6.07) is 13.1. The van der Waals surface area contributed by atoms with E-state index in [1.54, 1.807) is 6.33 Å². The molecule has 0 atom stereocenters. The summed E-state index contributed by atoms with van der Waals surface area (Å²) in [6.07, 6.45) is 7.53. The molecule has 0 N–H and O–H groups in total. The van der Waals surface area contributed by atoms with E-state index in [9.17, 15) is 0 Å². The van der Waals surface area contributed by atoms with Crippen molar-refractivity contribution in [3.63, 3.8) is 0 Å². The first-order valence-corrected chi connectivity index (χ1v) is 11.6. The van der Waals surface area contributed by atoms with Crippen molar-refractivity contribution in [3.8, 4) is 11.3 Å². The second-order valence-electron chi connectivity index (χ2n) is 9.04. The minimum Gasteiger partial charge on any atom is -0.378 e. The highest BCUT2D eigenvalue weighted by atomic mass is 16.5. The highest BCUT2D eigenvalue weighted by Crippen LogP contribution is 2.31. The molecular formula is C28H30N4O. The molecule has 3 aromatic rings. The summed E-state index contributed by atoms with van der Waals surface area (Å²) >= 11 is 0. The minimum atomic E-state index is 0.773. The summed E-state index contributed by atoms with van der Waals surface area (Å²) in [4.78, 5) is 16.4. The summed E-state index contributed by atoms with van der Waals surface area (Å²) < 4.78 is 5.50. The molecule has 1 aromatic heterocycles. The number of allylic oxidation sites excluding steroid dienone is 4. The molecule has 0 amide bonds. The van der Waals surface area contributed by atoms with Gasteiger partial charge in [-0.3, -0.25) is 4.99 Å². The van der Waals surface area contributed by atoms with E-state index in [2.05, 4.69) is 78.1 Å². The van der Waals surface area contributed by atoms with Gasteiger partial charge >= 0.3 is 0 Å². The van der Waals surface area contributed by atoms with E-state index in [1.807, 2.05) is 6.21 Å². The Kier molecular flexibility index (Phi) is 6.05. The van der Waals surface area contributed by atoms with Crippen molar-refractivity contribution in [2.75, 3.05) is 31.2 Å². The summed E-state index contributed by atoms with van der Waals surface area (Å²) in [6.45, 7) is 9.90. The van der Waals surface area contributed by atoms with Gasteiger partial charge in [0.25, 0.3) is 0 Å². The van der Waals surface area contributed by atoms with E-state index < -0.39 is 0 Å². The molecule has 2 aromatic carbocycles. The van der Waals surface area contributed by atoms with E-state index in [0.29, 0.717) is 0 Å². The number of fused-ring (bicyclic) bond motifs is 1. The van der Waals surface area contributed by atoms with Crippen LogP contribution in [0.3, 0.4) is 0 Å². The van der Waals surface area contributed by atoms with Gasteiger partial charge in [0.15, 0.2) is 0 Å². The van der Waals surface area contributed by atoms with Crippen LogP contribution in [0.4, 0.5) is 5.69 Å². The monoisotopic (exact) mass is 438 g/mol. The molecule has 0 saturated carbocycles. The maximum atomic E-state index is 5.50. The third-order valence-corrected chi connectivity index (χ3v) is 6.60. The molecule has 2 aliphatic rings. The molecule has 2 aliphatic heterocycles. The second-order valence-corrected chi connectivity index (χ2v) is 9.04. The quantitative estimate of drug-likeness (QED) is 0.526. The third kappa shape index (κ3) is 4.60. The second kappa shape index (κ2) is 9.28. The standard InChI is InChI=1S/C28H30N4O/c1-19-8-9-29-26(21(3)14-19)16-23-15-22(5-4-20(23)2)28-25-7-6-24(17-27(25)30-18-31-28)32-10-12-33-13-11-32/h4-9,15,17-18H,10-14,16H2,1-3H3. The first-order chi connectivity index (χ1) is 16.1. The maximum absolute atomic E-state index is 5.50. The van der Waals surface area contributed by atoms with E-state index in [4.69, 9.17) is 9.73 Å². The molecule has 0 unspecified atom stereocenters. The minimum absolute atomic E-state index is 0.773. The fourth-order valence-electron chi connectivity index (χ4n) is 4.62. The number of anilines is 1. The van der Waals surface area contributed by atoms with Crippen molar-refractivity contribution >= 4 is 22.8 Å². The maximum Gasteiger partial charge on any atom is 0.116 e. The number of hydrogen-bond donors (Lipinski definition) is 0. The summed E-state index contributed by atoms with van der Waals surface area (Å²) in [5.74, 6) is 0. The summed E-state index contributed by atoms with van der Waals surface area (Å²) in [5, 5.41) is 1.08. The fourth-order valence-corrected chi connectivity index (χ4v) is 4.62.